The molecular formula is C11H8N4S. The molecule has 0 saturated carbocycles. The predicted molar refractivity (Wildman–Crippen MR) is 62.9 cm³/mol. The lowest BCUT2D eigenvalue weighted by Crippen LogP contribution is -1.73. The summed E-state index contributed by atoms with van der Waals surface area (Å²) in [4.78, 5) is 10.4. The number of nitrogens with one attached hydrogen (secondary N) is 1. The molecule has 0 spiro atoms. The highest BCUT2D eigenvalue weighted by molar-refractivity contribution is 7.18. The first kappa shape index (κ1) is 9.23. The van der Waals surface area contributed by atoms with E-state index in [2.05, 4.69) is 26.2 Å². The molecule has 0 radical (unpaired) electrons. The summed E-state index contributed by atoms with van der Waals surface area (Å²) in [7, 11) is 0. The molecule has 0 bridgehead atoms. The van der Waals surface area contributed by atoms with E-state index in [1.54, 1.807) is 23.7 Å². The van der Waals surface area contributed by atoms with Gasteiger partial charge in [-0.25, -0.2) is 4.98 Å². The van der Waals surface area contributed by atoms with Crippen molar-refractivity contribution >= 4 is 11.3 Å². The van der Waals surface area contributed by atoms with Crippen molar-refractivity contribution in [1.29, 1.82) is 0 Å². The highest BCUT2D eigenvalue weighted by Crippen LogP contribution is 2.32. The van der Waals surface area contributed by atoms with Crippen molar-refractivity contribution in [3.8, 4) is 21.1 Å². The third kappa shape index (κ3) is 1.61. The average molecular weight is 228 g/mol. The maximum Gasteiger partial charge on any atom is 0.165 e. The minimum absolute atomic E-state index is 0.810. The zero-order chi connectivity index (χ0) is 10.8. The van der Waals surface area contributed by atoms with Crippen LogP contribution in [0.5, 0.6) is 0 Å². The average Bonchev–Trinajstić information content (AvgIpc) is 3.01. The number of nitrogens with zero attached hydrogens (tertiary/aromatic N) is 3. The lowest BCUT2D eigenvalue weighted by Gasteiger charge is -1.94. The maximum absolute atomic E-state index is 4.12. The largest absolute Gasteiger partial charge is 0.265 e. The Morgan fingerprint density at radius 3 is 2.56 bits per heavy atom. The topological polar surface area (TPSA) is 54.5 Å². The van der Waals surface area contributed by atoms with E-state index in [4.69, 9.17) is 0 Å². The summed E-state index contributed by atoms with van der Waals surface area (Å²) in [6.07, 6.45) is 5.10. The van der Waals surface area contributed by atoms with Crippen LogP contribution in [0.1, 0.15) is 0 Å². The number of pyridine rings is 1. The van der Waals surface area contributed by atoms with Gasteiger partial charge in [-0.3, -0.25) is 10.1 Å². The van der Waals surface area contributed by atoms with Gasteiger partial charge in [0, 0.05) is 17.3 Å². The predicted octanol–water partition coefficient (Wildman–Crippen LogP) is 2.60. The number of aromatic nitrogens is 4. The van der Waals surface area contributed by atoms with Gasteiger partial charge in [0.1, 0.15) is 6.33 Å². The molecule has 78 valence electrons. The van der Waals surface area contributed by atoms with Crippen molar-refractivity contribution in [3.05, 3.63) is 43.0 Å². The Labute approximate surface area is 96.0 Å². The first-order chi connectivity index (χ1) is 7.93. The fraction of sp³-hybridized carbons (Fsp3) is 0. The fourth-order valence-corrected chi connectivity index (χ4v) is 2.42. The van der Waals surface area contributed by atoms with Crippen LogP contribution < -0.4 is 0 Å². The summed E-state index contributed by atoms with van der Waals surface area (Å²) in [5.41, 5.74) is 1.17. The second-order valence-corrected chi connectivity index (χ2v) is 4.32. The van der Waals surface area contributed by atoms with E-state index in [0.29, 0.717) is 0 Å². The molecule has 0 amide bonds. The van der Waals surface area contributed by atoms with Crippen LogP contribution >= 0.6 is 11.3 Å². The monoisotopic (exact) mass is 228 g/mol. The Balaban J connectivity index is 2.00. The van der Waals surface area contributed by atoms with Gasteiger partial charge >= 0.3 is 0 Å². The quantitative estimate of drug-likeness (QED) is 0.733. The number of aromatic amines is 1. The Morgan fingerprint density at radius 2 is 1.81 bits per heavy atom. The summed E-state index contributed by atoms with van der Waals surface area (Å²) in [5, 5.41) is 6.70. The Kier molecular flexibility index (Phi) is 2.23. The van der Waals surface area contributed by atoms with E-state index < -0.39 is 0 Å². The third-order valence-corrected chi connectivity index (χ3v) is 3.36. The highest BCUT2D eigenvalue weighted by Gasteiger charge is 2.06. The van der Waals surface area contributed by atoms with Gasteiger partial charge in [-0.05, 0) is 29.8 Å². The molecule has 0 aliphatic rings. The van der Waals surface area contributed by atoms with E-state index in [9.17, 15) is 0 Å². The van der Waals surface area contributed by atoms with Gasteiger partial charge in [-0.15, -0.1) is 11.3 Å². The SMILES string of the molecule is c1cc(-c2ccc(-c3ncn[nH]3)s2)ccn1. The molecule has 0 aliphatic heterocycles. The van der Waals surface area contributed by atoms with Crippen LogP contribution in [0.3, 0.4) is 0 Å². The Bertz CT molecular complexity index is 571. The van der Waals surface area contributed by atoms with Gasteiger partial charge in [0.2, 0.25) is 0 Å². The van der Waals surface area contributed by atoms with Gasteiger partial charge < -0.3 is 0 Å². The molecule has 3 aromatic heterocycles. The standard InChI is InChI=1S/C11H8N4S/c1-2-10(11-13-7-14-15-11)16-9(1)8-3-5-12-6-4-8/h1-7H,(H,13,14,15). The summed E-state index contributed by atoms with van der Waals surface area (Å²) < 4.78 is 0. The van der Waals surface area contributed by atoms with Crippen LogP contribution in [0.4, 0.5) is 0 Å². The summed E-state index contributed by atoms with van der Waals surface area (Å²) in [6, 6.07) is 8.12. The van der Waals surface area contributed by atoms with Gasteiger partial charge in [-0.2, -0.15) is 5.10 Å². The van der Waals surface area contributed by atoms with Crippen LogP contribution in [0.15, 0.2) is 43.0 Å². The van der Waals surface area contributed by atoms with E-state index >= 15 is 0 Å². The summed E-state index contributed by atoms with van der Waals surface area (Å²) in [5.74, 6) is 0.810. The molecule has 3 rings (SSSR count). The van der Waals surface area contributed by atoms with E-state index in [1.165, 1.54) is 16.8 Å². The molecule has 3 aromatic rings. The van der Waals surface area contributed by atoms with Gasteiger partial charge in [0.05, 0.1) is 4.88 Å². The van der Waals surface area contributed by atoms with Crippen molar-refractivity contribution < 1.29 is 0 Å². The molecule has 4 nitrogen and oxygen atoms in total. The molecule has 16 heavy (non-hydrogen) atoms. The van der Waals surface area contributed by atoms with Crippen molar-refractivity contribution in [2.24, 2.45) is 0 Å². The van der Waals surface area contributed by atoms with Gasteiger partial charge in [-0.1, -0.05) is 0 Å². The van der Waals surface area contributed by atoms with Gasteiger partial charge in [0.25, 0.3) is 0 Å². The summed E-state index contributed by atoms with van der Waals surface area (Å²) >= 11 is 1.68. The normalized spacial score (nSPS) is 10.5. The molecule has 3 heterocycles. The number of rotatable bonds is 2. The number of hydrogen-bond acceptors (Lipinski definition) is 4. The van der Waals surface area contributed by atoms with Crippen LogP contribution in [0.25, 0.3) is 21.1 Å². The van der Waals surface area contributed by atoms with Crippen LogP contribution in [0.2, 0.25) is 0 Å². The second-order valence-electron chi connectivity index (χ2n) is 3.23. The molecule has 0 atom stereocenters. The fourth-order valence-electron chi connectivity index (χ4n) is 1.46. The van der Waals surface area contributed by atoms with E-state index in [0.717, 1.165) is 10.7 Å². The second kappa shape index (κ2) is 3.86. The van der Waals surface area contributed by atoms with Crippen molar-refractivity contribution in [2.45, 2.75) is 0 Å². The number of H-pyrrole nitrogens is 1. The first-order valence-electron chi connectivity index (χ1n) is 4.79. The van der Waals surface area contributed by atoms with Crippen molar-refractivity contribution in [2.75, 3.05) is 0 Å². The Morgan fingerprint density at radius 1 is 1.00 bits per heavy atom. The number of hydrogen-bond donors (Lipinski definition) is 1. The smallest absolute Gasteiger partial charge is 0.165 e. The minimum atomic E-state index is 0.810. The molecule has 0 aliphatic carbocycles. The first-order valence-corrected chi connectivity index (χ1v) is 5.61. The zero-order valence-corrected chi connectivity index (χ0v) is 9.11. The van der Waals surface area contributed by atoms with E-state index in [-0.39, 0.29) is 0 Å². The van der Waals surface area contributed by atoms with E-state index in [1.807, 2.05) is 18.2 Å². The van der Waals surface area contributed by atoms with Crippen molar-refractivity contribution in [1.82, 2.24) is 20.2 Å². The van der Waals surface area contributed by atoms with Crippen molar-refractivity contribution in [3.63, 3.8) is 0 Å². The lowest BCUT2D eigenvalue weighted by molar-refractivity contribution is 1.10. The van der Waals surface area contributed by atoms with Crippen LogP contribution in [0, 0.1) is 0 Å². The third-order valence-electron chi connectivity index (χ3n) is 2.22. The lowest BCUT2D eigenvalue weighted by atomic mass is 10.2. The number of thiophene rings is 1. The van der Waals surface area contributed by atoms with Crippen LogP contribution in [-0.2, 0) is 0 Å². The molecule has 5 heteroatoms. The van der Waals surface area contributed by atoms with Crippen LogP contribution in [-0.4, -0.2) is 20.2 Å². The molecule has 0 saturated heterocycles. The maximum atomic E-state index is 4.12. The molecule has 0 fully saturated rings. The minimum Gasteiger partial charge on any atom is -0.265 e. The van der Waals surface area contributed by atoms with Gasteiger partial charge in [0.15, 0.2) is 5.82 Å². The Hall–Kier alpha value is -2.01. The molecule has 1 N–H and O–H groups in total. The molecular weight excluding hydrogens is 220 g/mol. The zero-order valence-electron chi connectivity index (χ0n) is 8.29. The molecule has 0 unspecified atom stereocenters. The molecule has 0 aromatic carbocycles. The highest BCUT2D eigenvalue weighted by atomic mass is 32.1. The summed E-state index contributed by atoms with van der Waals surface area (Å²) in [6.45, 7) is 0.